The Morgan fingerprint density at radius 1 is 1.29 bits per heavy atom. The van der Waals surface area contributed by atoms with Crippen molar-refractivity contribution in [3.63, 3.8) is 0 Å². The van der Waals surface area contributed by atoms with Crippen LogP contribution in [0.2, 0.25) is 0 Å². The number of hydrogen-bond acceptors (Lipinski definition) is 3. The van der Waals surface area contributed by atoms with E-state index in [1.165, 1.54) is 6.07 Å². The van der Waals surface area contributed by atoms with Crippen LogP contribution in [-0.4, -0.2) is 37.1 Å². The number of aromatic nitrogens is 1. The Kier molecular flexibility index (Phi) is 4.89. The zero-order chi connectivity index (χ0) is 12.9. The molecule has 0 saturated heterocycles. The molecule has 0 spiro atoms. The molecule has 0 aliphatic rings. The summed E-state index contributed by atoms with van der Waals surface area (Å²) in [5.74, 6) is 0. The van der Waals surface area contributed by atoms with Crippen molar-refractivity contribution in [3.05, 3.63) is 29.6 Å². The molecule has 1 N–H and O–H groups in total. The Labute approximate surface area is 98.6 Å². The van der Waals surface area contributed by atoms with Gasteiger partial charge in [0.1, 0.15) is 5.69 Å². The number of halogens is 3. The topological polar surface area (TPSA) is 28.2 Å². The first-order valence-corrected chi connectivity index (χ1v) is 5.28. The molecule has 0 unspecified atom stereocenters. The highest BCUT2D eigenvalue weighted by molar-refractivity contribution is 5.13. The molecular formula is C11H16F3N3. The molecule has 6 heteroatoms. The minimum Gasteiger partial charge on any atom is -0.310 e. The third-order valence-electron chi connectivity index (χ3n) is 2.14. The van der Waals surface area contributed by atoms with Gasteiger partial charge in [-0.25, -0.2) is 4.98 Å². The van der Waals surface area contributed by atoms with Gasteiger partial charge in [-0.15, -0.1) is 0 Å². The molecule has 0 amide bonds. The Morgan fingerprint density at radius 3 is 2.59 bits per heavy atom. The van der Waals surface area contributed by atoms with Crippen LogP contribution < -0.4 is 5.32 Å². The predicted molar refractivity (Wildman–Crippen MR) is 59.5 cm³/mol. The fourth-order valence-electron chi connectivity index (χ4n) is 1.26. The fraction of sp³-hybridized carbons (Fsp3) is 0.545. The van der Waals surface area contributed by atoms with Crippen LogP contribution in [0, 0.1) is 0 Å². The number of hydrogen-bond donors (Lipinski definition) is 1. The van der Waals surface area contributed by atoms with Gasteiger partial charge in [-0.05, 0) is 26.2 Å². The van der Waals surface area contributed by atoms with Crippen LogP contribution in [0.15, 0.2) is 18.2 Å². The first-order chi connectivity index (χ1) is 7.89. The molecule has 17 heavy (non-hydrogen) atoms. The molecule has 0 bridgehead atoms. The molecule has 96 valence electrons. The Hall–Kier alpha value is -1.14. The molecular weight excluding hydrogens is 231 g/mol. The molecule has 0 aliphatic heterocycles. The van der Waals surface area contributed by atoms with Crippen molar-refractivity contribution in [2.45, 2.75) is 12.7 Å². The smallest absolute Gasteiger partial charge is 0.310 e. The van der Waals surface area contributed by atoms with Gasteiger partial charge in [0.2, 0.25) is 0 Å². The zero-order valence-electron chi connectivity index (χ0n) is 9.88. The van der Waals surface area contributed by atoms with Crippen molar-refractivity contribution in [2.24, 2.45) is 0 Å². The van der Waals surface area contributed by atoms with Crippen LogP contribution in [0.25, 0.3) is 0 Å². The molecule has 0 radical (unpaired) electrons. The van der Waals surface area contributed by atoms with E-state index in [1.54, 1.807) is 6.07 Å². The van der Waals surface area contributed by atoms with E-state index in [9.17, 15) is 13.2 Å². The highest BCUT2D eigenvalue weighted by atomic mass is 19.4. The van der Waals surface area contributed by atoms with Crippen molar-refractivity contribution in [1.82, 2.24) is 15.2 Å². The fourth-order valence-corrected chi connectivity index (χ4v) is 1.26. The summed E-state index contributed by atoms with van der Waals surface area (Å²) in [6.07, 6.45) is -4.38. The second-order valence-electron chi connectivity index (χ2n) is 3.99. The molecule has 1 rings (SSSR count). The minimum absolute atomic E-state index is 0.345. The molecule has 1 aromatic heterocycles. The number of nitrogens with zero attached hydrogens (tertiary/aromatic N) is 2. The zero-order valence-corrected chi connectivity index (χ0v) is 9.88. The molecule has 3 nitrogen and oxygen atoms in total. The molecule has 0 aliphatic carbocycles. The average Bonchev–Trinajstić information content (AvgIpc) is 2.23. The van der Waals surface area contributed by atoms with Crippen LogP contribution in [0.1, 0.15) is 11.4 Å². The summed E-state index contributed by atoms with van der Waals surface area (Å²) in [7, 11) is 3.87. The highest BCUT2D eigenvalue weighted by Gasteiger charge is 2.32. The van der Waals surface area contributed by atoms with Crippen LogP contribution in [0.3, 0.4) is 0 Å². The van der Waals surface area contributed by atoms with E-state index in [2.05, 4.69) is 10.3 Å². The maximum atomic E-state index is 12.4. The van der Waals surface area contributed by atoms with Crippen molar-refractivity contribution < 1.29 is 13.2 Å². The lowest BCUT2D eigenvalue weighted by molar-refractivity contribution is -0.141. The summed E-state index contributed by atoms with van der Waals surface area (Å²) in [6, 6.07) is 3.93. The van der Waals surface area contributed by atoms with E-state index in [4.69, 9.17) is 0 Å². The number of pyridine rings is 1. The van der Waals surface area contributed by atoms with Crippen molar-refractivity contribution >= 4 is 0 Å². The maximum Gasteiger partial charge on any atom is 0.433 e. The summed E-state index contributed by atoms with van der Waals surface area (Å²) in [6.45, 7) is 1.89. The van der Waals surface area contributed by atoms with Gasteiger partial charge in [0, 0.05) is 19.6 Å². The number of likely N-dealkylation sites (N-methyl/N-ethyl adjacent to an activating group) is 1. The second kappa shape index (κ2) is 5.97. The molecule has 0 fully saturated rings. The third-order valence-corrected chi connectivity index (χ3v) is 2.14. The first-order valence-electron chi connectivity index (χ1n) is 5.28. The highest BCUT2D eigenvalue weighted by Crippen LogP contribution is 2.27. The lowest BCUT2D eigenvalue weighted by Crippen LogP contribution is -2.26. The van der Waals surface area contributed by atoms with Crippen molar-refractivity contribution in [2.75, 3.05) is 27.2 Å². The van der Waals surface area contributed by atoms with Crippen LogP contribution in [0.5, 0.6) is 0 Å². The molecule has 0 saturated carbocycles. The van der Waals surface area contributed by atoms with Gasteiger partial charge in [-0.1, -0.05) is 6.07 Å². The van der Waals surface area contributed by atoms with Crippen LogP contribution in [-0.2, 0) is 12.7 Å². The second-order valence-corrected chi connectivity index (χ2v) is 3.99. The van der Waals surface area contributed by atoms with Gasteiger partial charge in [-0.2, -0.15) is 13.2 Å². The van der Waals surface area contributed by atoms with Gasteiger partial charge in [0.15, 0.2) is 0 Å². The molecule has 0 aromatic carbocycles. The Balaban J connectivity index is 2.49. The van der Waals surface area contributed by atoms with E-state index in [0.29, 0.717) is 18.8 Å². The van der Waals surface area contributed by atoms with E-state index in [0.717, 1.165) is 12.6 Å². The Bertz CT molecular complexity index is 350. The van der Waals surface area contributed by atoms with Gasteiger partial charge < -0.3 is 10.2 Å². The summed E-state index contributed by atoms with van der Waals surface area (Å²) >= 11 is 0. The maximum absolute atomic E-state index is 12.4. The monoisotopic (exact) mass is 247 g/mol. The standard InChI is InChI=1S/C11H16F3N3/c1-17(2)7-6-15-8-9-4-3-5-10(16-9)11(12,13)14/h3-5,15H,6-8H2,1-2H3. The van der Waals surface area contributed by atoms with E-state index < -0.39 is 11.9 Å². The lowest BCUT2D eigenvalue weighted by Gasteiger charge is -2.11. The van der Waals surface area contributed by atoms with E-state index in [-0.39, 0.29) is 0 Å². The molecule has 0 atom stereocenters. The number of alkyl halides is 3. The quantitative estimate of drug-likeness (QED) is 0.803. The summed E-state index contributed by atoms with van der Waals surface area (Å²) in [5.41, 5.74) is -0.442. The number of nitrogens with one attached hydrogen (secondary N) is 1. The van der Waals surface area contributed by atoms with Gasteiger partial charge >= 0.3 is 6.18 Å². The van der Waals surface area contributed by atoms with Crippen molar-refractivity contribution in [1.29, 1.82) is 0 Å². The average molecular weight is 247 g/mol. The predicted octanol–water partition coefficient (Wildman–Crippen LogP) is 1.75. The lowest BCUT2D eigenvalue weighted by atomic mass is 10.3. The number of rotatable bonds is 5. The van der Waals surface area contributed by atoms with E-state index in [1.807, 2.05) is 19.0 Å². The van der Waals surface area contributed by atoms with Gasteiger partial charge in [0.25, 0.3) is 0 Å². The summed E-state index contributed by atoms with van der Waals surface area (Å²) in [4.78, 5) is 5.55. The van der Waals surface area contributed by atoms with Crippen molar-refractivity contribution in [3.8, 4) is 0 Å². The largest absolute Gasteiger partial charge is 0.433 e. The minimum atomic E-state index is -4.38. The van der Waals surface area contributed by atoms with Crippen LogP contribution >= 0.6 is 0 Å². The Morgan fingerprint density at radius 2 is 2.00 bits per heavy atom. The summed E-state index contributed by atoms with van der Waals surface area (Å²) < 4.78 is 37.1. The van der Waals surface area contributed by atoms with Crippen LogP contribution in [0.4, 0.5) is 13.2 Å². The van der Waals surface area contributed by atoms with E-state index >= 15 is 0 Å². The normalized spacial score (nSPS) is 12.1. The third kappa shape index (κ3) is 5.14. The first kappa shape index (κ1) is 13.9. The van der Waals surface area contributed by atoms with Gasteiger partial charge in [0.05, 0.1) is 5.69 Å². The molecule has 1 heterocycles. The molecule has 1 aromatic rings. The SMILES string of the molecule is CN(C)CCNCc1cccc(C(F)(F)F)n1. The van der Waals surface area contributed by atoms with Gasteiger partial charge in [-0.3, -0.25) is 0 Å². The summed E-state index contributed by atoms with van der Waals surface area (Å²) in [5, 5.41) is 3.04.